The zero-order chi connectivity index (χ0) is 11.2. The van der Waals surface area contributed by atoms with E-state index in [-0.39, 0.29) is 5.91 Å². The summed E-state index contributed by atoms with van der Waals surface area (Å²) in [5.74, 6) is -1.14. The lowest BCUT2D eigenvalue weighted by atomic mass is 10.1. The maximum atomic E-state index is 10.7. The fraction of sp³-hybridized carbons (Fsp3) is 0.750. The van der Waals surface area contributed by atoms with E-state index in [0.717, 1.165) is 11.8 Å². The molecule has 1 unspecified atom stereocenters. The van der Waals surface area contributed by atoms with Gasteiger partial charge in [-0.2, -0.15) is 0 Å². The van der Waals surface area contributed by atoms with Gasteiger partial charge in [-0.25, -0.2) is 4.79 Å². The SMILES string of the molecule is CSC(N)(CCCNC(C)=O)C(=O)O. The van der Waals surface area contributed by atoms with Gasteiger partial charge in [0.2, 0.25) is 5.91 Å². The summed E-state index contributed by atoms with van der Waals surface area (Å²) in [6, 6.07) is 0. The Balaban J connectivity index is 3.85. The number of hydrogen-bond acceptors (Lipinski definition) is 4. The minimum Gasteiger partial charge on any atom is -0.479 e. The number of thioether (sulfide) groups is 1. The lowest BCUT2D eigenvalue weighted by Crippen LogP contribution is -2.44. The summed E-state index contributed by atoms with van der Waals surface area (Å²) in [7, 11) is 0. The summed E-state index contributed by atoms with van der Waals surface area (Å²) in [5.41, 5.74) is 5.61. The molecule has 0 saturated heterocycles. The molecule has 0 heterocycles. The molecule has 0 aliphatic rings. The van der Waals surface area contributed by atoms with Crippen LogP contribution in [0.2, 0.25) is 0 Å². The molecule has 4 N–H and O–H groups in total. The second-order valence-corrected chi connectivity index (χ2v) is 4.12. The second-order valence-electron chi connectivity index (χ2n) is 2.99. The summed E-state index contributed by atoms with van der Waals surface area (Å²) in [6.07, 6.45) is 2.56. The third-order valence-electron chi connectivity index (χ3n) is 1.83. The van der Waals surface area contributed by atoms with Crippen LogP contribution in [-0.2, 0) is 9.59 Å². The highest BCUT2D eigenvalue weighted by Gasteiger charge is 2.31. The maximum absolute atomic E-state index is 10.7. The molecule has 0 rings (SSSR count). The Morgan fingerprint density at radius 3 is 2.50 bits per heavy atom. The van der Waals surface area contributed by atoms with Gasteiger partial charge in [0, 0.05) is 13.5 Å². The Morgan fingerprint density at radius 2 is 2.14 bits per heavy atom. The first-order valence-electron chi connectivity index (χ1n) is 4.24. The third-order valence-corrected chi connectivity index (χ3v) is 2.93. The van der Waals surface area contributed by atoms with E-state index in [4.69, 9.17) is 10.8 Å². The predicted octanol–water partition coefficient (Wildman–Crippen LogP) is 0.00530. The fourth-order valence-electron chi connectivity index (χ4n) is 0.912. The molecule has 82 valence electrons. The van der Waals surface area contributed by atoms with Crippen LogP contribution in [0.5, 0.6) is 0 Å². The lowest BCUT2D eigenvalue weighted by Gasteiger charge is -2.21. The number of carboxylic acid groups (broad SMARTS) is 1. The topological polar surface area (TPSA) is 92.4 Å². The number of nitrogens with one attached hydrogen (secondary N) is 1. The average Bonchev–Trinajstić information content (AvgIpc) is 2.11. The minimum absolute atomic E-state index is 0.118. The van der Waals surface area contributed by atoms with E-state index >= 15 is 0 Å². The van der Waals surface area contributed by atoms with Gasteiger partial charge in [0.1, 0.15) is 0 Å². The highest BCUT2D eigenvalue weighted by molar-refractivity contribution is 8.00. The summed E-state index contributed by atoms with van der Waals surface area (Å²) in [6.45, 7) is 1.88. The molecule has 0 fully saturated rings. The Labute approximate surface area is 87.4 Å². The molecular formula is C8H16N2O3S. The van der Waals surface area contributed by atoms with Gasteiger partial charge < -0.3 is 16.2 Å². The van der Waals surface area contributed by atoms with E-state index in [2.05, 4.69) is 5.32 Å². The highest BCUT2D eigenvalue weighted by Crippen LogP contribution is 2.22. The van der Waals surface area contributed by atoms with Gasteiger partial charge in [0.15, 0.2) is 4.87 Å². The molecule has 14 heavy (non-hydrogen) atoms. The van der Waals surface area contributed by atoms with Crippen molar-refractivity contribution in [2.24, 2.45) is 5.73 Å². The van der Waals surface area contributed by atoms with Gasteiger partial charge in [-0.05, 0) is 19.1 Å². The molecule has 0 aliphatic heterocycles. The molecule has 1 amide bonds. The van der Waals surface area contributed by atoms with Gasteiger partial charge in [-0.15, -0.1) is 11.8 Å². The van der Waals surface area contributed by atoms with Crippen molar-refractivity contribution in [2.45, 2.75) is 24.6 Å². The van der Waals surface area contributed by atoms with Crippen molar-refractivity contribution in [1.82, 2.24) is 5.32 Å². The standard InChI is InChI=1S/C8H16N2O3S/c1-6(11)10-5-3-4-8(9,14-2)7(12)13/h3-5,9H2,1-2H3,(H,10,11)(H,12,13). The molecule has 0 bridgehead atoms. The van der Waals surface area contributed by atoms with Crippen LogP contribution in [0.15, 0.2) is 0 Å². The monoisotopic (exact) mass is 220 g/mol. The van der Waals surface area contributed by atoms with Crippen molar-refractivity contribution in [3.8, 4) is 0 Å². The number of carboxylic acids is 1. The number of amides is 1. The number of nitrogens with two attached hydrogens (primary N) is 1. The van der Waals surface area contributed by atoms with Gasteiger partial charge >= 0.3 is 5.97 Å². The summed E-state index contributed by atoms with van der Waals surface area (Å²) >= 11 is 1.10. The van der Waals surface area contributed by atoms with Gasteiger partial charge in [0.05, 0.1) is 0 Å². The molecule has 0 aromatic carbocycles. The van der Waals surface area contributed by atoms with Crippen molar-refractivity contribution in [2.75, 3.05) is 12.8 Å². The second kappa shape index (κ2) is 5.87. The van der Waals surface area contributed by atoms with Crippen LogP contribution >= 0.6 is 11.8 Å². The van der Waals surface area contributed by atoms with Crippen LogP contribution < -0.4 is 11.1 Å². The predicted molar refractivity (Wildman–Crippen MR) is 56.0 cm³/mol. The van der Waals surface area contributed by atoms with Crippen LogP contribution in [0.3, 0.4) is 0 Å². The van der Waals surface area contributed by atoms with Crippen molar-refractivity contribution < 1.29 is 14.7 Å². The molecular weight excluding hydrogens is 204 g/mol. The maximum Gasteiger partial charge on any atom is 0.334 e. The first-order chi connectivity index (χ1) is 6.42. The van der Waals surface area contributed by atoms with E-state index in [0.29, 0.717) is 19.4 Å². The van der Waals surface area contributed by atoms with Crippen LogP contribution in [-0.4, -0.2) is 34.7 Å². The van der Waals surface area contributed by atoms with Gasteiger partial charge in [-0.3, -0.25) is 4.79 Å². The number of carbonyl (C=O) groups is 2. The first kappa shape index (κ1) is 13.2. The molecule has 0 radical (unpaired) electrons. The van der Waals surface area contributed by atoms with E-state index < -0.39 is 10.8 Å². The Hall–Kier alpha value is -0.750. The van der Waals surface area contributed by atoms with E-state index in [1.54, 1.807) is 6.26 Å². The Kier molecular flexibility index (Phi) is 5.56. The van der Waals surface area contributed by atoms with Gasteiger partial charge in [-0.1, -0.05) is 0 Å². The number of rotatable bonds is 6. The Bertz CT molecular complexity index is 223. The van der Waals surface area contributed by atoms with Crippen molar-refractivity contribution in [3.05, 3.63) is 0 Å². The molecule has 6 heteroatoms. The third kappa shape index (κ3) is 4.48. The number of hydrogen-bond donors (Lipinski definition) is 3. The molecule has 0 saturated carbocycles. The zero-order valence-corrected chi connectivity index (χ0v) is 9.19. The molecule has 0 spiro atoms. The van der Waals surface area contributed by atoms with E-state index in [1.807, 2.05) is 0 Å². The number of carbonyl (C=O) groups excluding carboxylic acids is 1. The highest BCUT2D eigenvalue weighted by atomic mass is 32.2. The summed E-state index contributed by atoms with van der Waals surface area (Å²) in [5, 5.41) is 11.4. The van der Waals surface area contributed by atoms with Crippen molar-refractivity contribution in [3.63, 3.8) is 0 Å². The zero-order valence-electron chi connectivity index (χ0n) is 8.37. The molecule has 0 aromatic heterocycles. The first-order valence-corrected chi connectivity index (χ1v) is 5.46. The largest absolute Gasteiger partial charge is 0.479 e. The molecule has 0 aromatic rings. The average molecular weight is 220 g/mol. The minimum atomic E-state index is -1.24. The molecule has 0 aliphatic carbocycles. The van der Waals surface area contributed by atoms with Crippen LogP contribution in [0.4, 0.5) is 0 Å². The van der Waals surface area contributed by atoms with Crippen LogP contribution in [0.1, 0.15) is 19.8 Å². The quantitative estimate of drug-likeness (QED) is 0.433. The number of aliphatic carboxylic acids is 1. The molecule has 1 atom stereocenters. The molecule has 5 nitrogen and oxygen atoms in total. The van der Waals surface area contributed by atoms with Gasteiger partial charge in [0.25, 0.3) is 0 Å². The van der Waals surface area contributed by atoms with Crippen molar-refractivity contribution in [1.29, 1.82) is 0 Å². The smallest absolute Gasteiger partial charge is 0.334 e. The van der Waals surface area contributed by atoms with Crippen LogP contribution in [0.25, 0.3) is 0 Å². The summed E-state index contributed by atoms with van der Waals surface area (Å²) in [4.78, 5) is 20.0. The van der Waals surface area contributed by atoms with E-state index in [9.17, 15) is 9.59 Å². The lowest BCUT2D eigenvalue weighted by molar-refractivity contribution is -0.139. The summed E-state index contributed by atoms with van der Waals surface area (Å²) < 4.78 is 0. The normalized spacial score (nSPS) is 14.5. The van der Waals surface area contributed by atoms with Crippen molar-refractivity contribution >= 4 is 23.6 Å². The van der Waals surface area contributed by atoms with Crippen LogP contribution in [0, 0.1) is 0 Å². The fourth-order valence-corrected chi connectivity index (χ4v) is 1.43. The Morgan fingerprint density at radius 1 is 1.57 bits per heavy atom. The van der Waals surface area contributed by atoms with E-state index in [1.165, 1.54) is 6.92 Å².